The molecule has 0 unspecified atom stereocenters. The van der Waals surface area contributed by atoms with Gasteiger partial charge >= 0.3 is 20.6 Å². The molecule has 0 fully saturated rings. The van der Waals surface area contributed by atoms with Crippen molar-refractivity contribution in [1.82, 2.24) is 0 Å². The minimum absolute atomic E-state index is 0.0632. The molecule has 0 saturated carbocycles. The van der Waals surface area contributed by atoms with Gasteiger partial charge in [0.25, 0.3) is 0 Å². The van der Waals surface area contributed by atoms with Crippen molar-refractivity contribution in [2.24, 2.45) is 0 Å². The predicted octanol–water partition coefficient (Wildman–Crippen LogP) is 8.03. The van der Waals surface area contributed by atoms with Crippen molar-refractivity contribution in [3.8, 4) is 0 Å². The first-order valence-corrected chi connectivity index (χ1v) is 14.9. The third-order valence-electron chi connectivity index (χ3n) is 5.81. The predicted molar refractivity (Wildman–Crippen MR) is 142 cm³/mol. The standard InChI is InChI=1S/C26H49O6PS/c1-2-3-4-5-6-7-8-9-10-11-13-17-20-26(28)32-24(23-31-33-29)22-30-25(27)19-16-14-12-15-18-21-34/h24,34H,2-23H2,1H3/t24-/m1/s1. The van der Waals surface area contributed by atoms with Crippen LogP contribution in [0, 0.1) is 0 Å². The summed E-state index contributed by atoms with van der Waals surface area (Å²) in [4.78, 5) is 24.1. The lowest BCUT2D eigenvalue weighted by molar-refractivity contribution is -0.160. The Labute approximate surface area is 215 Å². The second kappa shape index (κ2) is 26.9. The van der Waals surface area contributed by atoms with Crippen LogP contribution in [-0.2, 0) is 28.2 Å². The molecule has 200 valence electrons. The number of thiol groups is 1. The smallest absolute Gasteiger partial charge is 0.327 e. The summed E-state index contributed by atoms with van der Waals surface area (Å²) >= 11 is 4.18. The molecule has 0 amide bonds. The van der Waals surface area contributed by atoms with Crippen molar-refractivity contribution in [2.75, 3.05) is 19.0 Å². The molecule has 6 nitrogen and oxygen atoms in total. The molecular formula is C26H49O6PS. The van der Waals surface area contributed by atoms with E-state index in [4.69, 9.17) is 14.0 Å². The number of rotatable bonds is 26. The van der Waals surface area contributed by atoms with Gasteiger partial charge < -0.3 is 9.47 Å². The Bertz CT molecular complexity index is 492. The van der Waals surface area contributed by atoms with Crippen LogP contribution in [-0.4, -0.2) is 37.0 Å². The number of carbonyl (C=O) groups excluding carboxylic acids is 2. The lowest BCUT2D eigenvalue weighted by Gasteiger charge is -2.16. The van der Waals surface area contributed by atoms with E-state index < -0.39 is 14.8 Å². The van der Waals surface area contributed by atoms with Gasteiger partial charge in [-0.3, -0.25) is 14.1 Å². The Morgan fingerprint density at radius 1 is 0.676 bits per heavy atom. The third-order valence-corrected chi connectivity index (χ3v) is 6.39. The summed E-state index contributed by atoms with van der Waals surface area (Å²) < 4.78 is 26.0. The van der Waals surface area contributed by atoms with Gasteiger partial charge in [0.2, 0.25) is 0 Å². The largest absolute Gasteiger partial charge is 0.462 e. The Hall–Kier alpha value is -0.650. The van der Waals surface area contributed by atoms with Crippen LogP contribution in [0.1, 0.15) is 129 Å². The van der Waals surface area contributed by atoms with E-state index in [0.717, 1.165) is 57.1 Å². The molecule has 0 aliphatic rings. The number of carbonyl (C=O) groups is 2. The first-order valence-electron chi connectivity index (χ1n) is 13.5. The van der Waals surface area contributed by atoms with Gasteiger partial charge in [0.05, 0.1) is 0 Å². The highest BCUT2D eigenvalue weighted by atomic mass is 32.1. The van der Waals surface area contributed by atoms with Crippen molar-refractivity contribution in [3.63, 3.8) is 0 Å². The maximum atomic E-state index is 12.1. The van der Waals surface area contributed by atoms with Crippen LogP contribution in [0.25, 0.3) is 0 Å². The van der Waals surface area contributed by atoms with E-state index in [2.05, 4.69) is 19.6 Å². The van der Waals surface area contributed by atoms with E-state index in [0.29, 0.717) is 12.8 Å². The number of hydrogen-bond acceptors (Lipinski definition) is 7. The Morgan fingerprint density at radius 3 is 1.65 bits per heavy atom. The maximum Gasteiger partial charge on any atom is 0.327 e. The fourth-order valence-corrected chi connectivity index (χ4v) is 4.21. The summed E-state index contributed by atoms with van der Waals surface area (Å²) in [6.45, 7) is 2.11. The van der Waals surface area contributed by atoms with Crippen LogP contribution in [0.3, 0.4) is 0 Å². The van der Waals surface area contributed by atoms with E-state index >= 15 is 0 Å². The molecule has 0 spiro atoms. The highest BCUT2D eigenvalue weighted by Gasteiger charge is 2.17. The molecule has 0 rings (SSSR count). The van der Waals surface area contributed by atoms with Crippen molar-refractivity contribution in [1.29, 1.82) is 0 Å². The summed E-state index contributed by atoms with van der Waals surface area (Å²) in [6.07, 6.45) is 19.8. The zero-order chi connectivity index (χ0) is 25.1. The zero-order valence-electron chi connectivity index (χ0n) is 21.5. The van der Waals surface area contributed by atoms with Gasteiger partial charge in [-0.1, -0.05) is 96.8 Å². The highest BCUT2D eigenvalue weighted by Crippen LogP contribution is 2.13. The normalized spacial score (nSPS) is 12.1. The number of esters is 2. The van der Waals surface area contributed by atoms with Crippen molar-refractivity contribution >= 4 is 33.3 Å². The molecule has 0 aromatic rings. The summed E-state index contributed by atoms with van der Waals surface area (Å²) in [5.41, 5.74) is 0. The van der Waals surface area contributed by atoms with Crippen LogP contribution in [0.4, 0.5) is 0 Å². The average Bonchev–Trinajstić information content (AvgIpc) is 2.83. The van der Waals surface area contributed by atoms with Crippen LogP contribution < -0.4 is 0 Å². The molecule has 34 heavy (non-hydrogen) atoms. The lowest BCUT2D eigenvalue weighted by Crippen LogP contribution is -2.28. The van der Waals surface area contributed by atoms with E-state index in [1.807, 2.05) is 0 Å². The Kier molecular flexibility index (Phi) is 26.4. The first-order chi connectivity index (χ1) is 16.6. The quantitative estimate of drug-likeness (QED) is 0.0538. The van der Waals surface area contributed by atoms with E-state index in [9.17, 15) is 14.2 Å². The summed E-state index contributed by atoms with van der Waals surface area (Å²) in [7, 11) is -0.489. The molecule has 0 N–H and O–H groups in total. The first kappa shape index (κ1) is 33.4. The number of hydrogen-bond donors (Lipinski definition) is 1. The zero-order valence-corrected chi connectivity index (χ0v) is 23.3. The third kappa shape index (κ3) is 24.5. The Balaban J connectivity index is 3.81. The SMILES string of the molecule is CCCCCCCCCCCCCCC(=O)O[C@@H](COP=O)COC(=O)CCCCCCCS. The molecule has 0 aromatic heterocycles. The van der Waals surface area contributed by atoms with E-state index in [1.54, 1.807) is 0 Å². The van der Waals surface area contributed by atoms with Crippen LogP contribution in [0.15, 0.2) is 0 Å². The maximum absolute atomic E-state index is 12.1. The summed E-state index contributed by atoms with van der Waals surface area (Å²) in [6, 6.07) is 0. The van der Waals surface area contributed by atoms with Crippen LogP contribution >= 0.6 is 21.3 Å². The molecule has 0 aromatic carbocycles. The topological polar surface area (TPSA) is 78.9 Å². The van der Waals surface area contributed by atoms with Gasteiger partial charge in [0, 0.05) is 12.8 Å². The molecule has 0 radical (unpaired) electrons. The monoisotopic (exact) mass is 520 g/mol. The second-order valence-corrected chi connectivity index (χ2v) is 9.90. The van der Waals surface area contributed by atoms with Gasteiger partial charge in [-0.25, -0.2) is 4.57 Å². The van der Waals surface area contributed by atoms with Gasteiger partial charge in [0.1, 0.15) is 13.2 Å². The molecular weight excluding hydrogens is 471 g/mol. The molecule has 0 saturated heterocycles. The summed E-state index contributed by atoms with van der Waals surface area (Å²) in [5.74, 6) is 0.256. The van der Waals surface area contributed by atoms with Crippen LogP contribution in [0.2, 0.25) is 0 Å². The van der Waals surface area contributed by atoms with Gasteiger partial charge in [0.15, 0.2) is 6.10 Å². The minimum atomic E-state index is -0.731. The van der Waals surface area contributed by atoms with Gasteiger partial charge in [-0.2, -0.15) is 12.6 Å². The summed E-state index contributed by atoms with van der Waals surface area (Å²) in [5, 5.41) is 0. The number of unbranched alkanes of at least 4 members (excludes halogenated alkanes) is 15. The second-order valence-electron chi connectivity index (χ2n) is 9.05. The van der Waals surface area contributed by atoms with E-state index in [1.165, 1.54) is 57.8 Å². The highest BCUT2D eigenvalue weighted by molar-refractivity contribution is 7.80. The van der Waals surface area contributed by atoms with E-state index in [-0.39, 0.29) is 25.2 Å². The molecule has 0 bridgehead atoms. The minimum Gasteiger partial charge on any atom is -0.462 e. The van der Waals surface area contributed by atoms with Gasteiger partial charge in [-0.05, 0) is 25.0 Å². The molecule has 0 aliphatic carbocycles. The molecule has 0 heterocycles. The molecule has 0 aliphatic heterocycles. The van der Waals surface area contributed by atoms with Gasteiger partial charge in [-0.15, -0.1) is 0 Å². The Morgan fingerprint density at radius 2 is 1.15 bits per heavy atom. The lowest BCUT2D eigenvalue weighted by atomic mass is 10.0. The number of ether oxygens (including phenoxy) is 2. The van der Waals surface area contributed by atoms with Crippen molar-refractivity contribution in [3.05, 3.63) is 0 Å². The van der Waals surface area contributed by atoms with Crippen molar-refractivity contribution in [2.45, 2.75) is 135 Å². The van der Waals surface area contributed by atoms with Crippen LogP contribution in [0.5, 0.6) is 0 Å². The fourth-order valence-electron chi connectivity index (χ4n) is 3.75. The fraction of sp³-hybridized carbons (Fsp3) is 0.923. The molecule has 1 atom stereocenters. The van der Waals surface area contributed by atoms with Crippen molar-refractivity contribution < 1.29 is 28.2 Å². The molecule has 8 heteroatoms. The average molecular weight is 521 g/mol.